The van der Waals surface area contributed by atoms with Gasteiger partial charge in [-0.1, -0.05) is 22.0 Å². The standard InChI is InChI=1S/C17H28BrN3O2/c1-4-19-17(20-8-5-9-23-11-10-22-3)21-13-15-6-7-16(18)12-14(15)2/h6-7,12H,4-5,8-11,13H2,1-3H3,(H2,19,20,21). The monoisotopic (exact) mass is 385 g/mol. The second-order valence-corrected chi connectivity index (χ2v) is 6.07. The Morgan fingerprint density at radius 1 is 1.22 bits per heavy atom. The topological polar surface area (TPSA) is 54.9 Å². The van der Waals surface area contributed by atoms with E-state index in [1.54, 1.807) is 7.11 Å². The summed E-state index contributed by atoms with van der Waals surface area (Å²) in [6, 6.07) is 6.27. The molecule has 0 fully saturated rings. The summed E-state index contributed by atoms with van der Waals surface area (Å²) in [6.45, 7) is 8.52. The summed E-state index contributed by atoms with van der Waals surface area (Å²) in [5.41, 5.74) is 2.47. The maximum absolute atomic E-state index is 5.44. The van der Waals surface area contributed by atoms with E-state index in [9.17, 15) is 0 Å². The van der Waals surface area contributed by atoms with Crippen molar-refractivity contribution in [3.05, 3.63) is 33.8 Å². The van der Waals surface area contributed by atoms with Gasteiger partial charge in [0.15, 0.2) is 5.96 Å². The van der Waals surface area contributed by atoms with Gasteiger partial charge in [0.2, 0.25) is 0 Å². The Bertz CT molecular complexity index is 481. The highest BCUT2D eigenvalue weighted by Gasteiger charge is 2.01. The summed E-state index contributed by atoms with van der Waals surface area (Å²) in [7, 11) is 1.68. The number of ether oxygens (including phenoxy) is 2. The third-order valence-corrected chi connectivity index (χ3v) is 3.74. The molecule has 0 aromatic heterocycles. The first-order valence-electron chi connectivity index (χ1n) is 8.01. The van der Waals surface area contributed by atoms with Crippen molar-refractivity contribution in [2.24, 2.45) is 4.99 Å². The molecule has 0 aliphatic carbocycles. The van der Waals surface area contributed by atoms with E-state index < -0.39 is 0 Å². The van der Waals surface area contributed by atoms with Crippen molar-refractivity contribution in [1.82, 2.24) is 10.6 Å². The van der Waals surface area contributed by atoms with Gasteiger partial charge < -0.3 is 20.1 Å². The van der Waals surface area contributed by atoms with Crippen LogP contribution in [0.25, 0.3) is 0 Å². The largest absolute Gasteiger partial charge is 0.382 e. The van der Waals surface area contributed by atoms with Crippen molar-refractivity contribution in [3.63, 3.8) is 0 Å². The maximum atomic E-state index is 5.44. The van der Waals surface area contributed by atoms with E-state index >= 15 is 0 Å². The molecule has 0 amide bonds. The molecule has 1 aromatic rings. The third-order valence-electron chi connectivity index (χ3n) is 3.25. The van der Waals surface area contributed by atoms with Crippen LogP contribution >= 0.6 is 15.9 Å². The molecule has 5 nitrogen and oxygen atoms in total. The maximum Gasteiger partial charge on any atom is 0.191 e. The van der Waals surface area contributed by atoms with Crippen molar-refractivity contribution in [3.8, 4) is 0 Å². The fourth-order valence-electron chi connectivity index (χ4n) is 1.97. The van der Waals surface area contributed by atoms with Crippen LogP contribution < -0.4 is 10.6 Å². The molecule has 0 heterocycles. The van der Waals surface area contributed by atoms with Crippen molar-refractivity contribution in [1.29, 1.82) is 0 Å². The highest BCUT2D eigenvalue weighted by Crippen LogP contribution is 2.16. The molecule has 130 valence electrons. The van der Waals surface area contributed by atoms with Gasteiger partial charge in [-0.25, -0.2) is 4.99 Å². The lowest BCUT2D eigenvalue weighted by Gasteiger charge is -2.12. The minimum atomic E-state index is 0.643. The quantitative estimate of drug-likeness (QED) is 0.369. The number of benzene rings is 1. The molecule has 1 rings (SSSR count). The number of guanidine groups is 1. The Labute approximate surface area is 148 Å². The summed E-state index contributed by atoms with van der Waals surface area (Å²) in [5.74, 6) is 0.840. The van der Waals surface area contributed by atoms with Crippen LogP contribution in [0.2, 0.25) is 0 Å². The molecule has 6 heteroatoms. The molecular weight excluding hydrogens is 358 g/mol. The zero-order valence-corrected chi connectivity index (χ0v) is 15.9. The second-order valence-electron chi connectivity index (χ2n) is 5.15. The molecule has 0 unspecified atom stereocenters. The van der Waals surface area contributed by atoms with Crippen LogP contribution in [0.1, 0.15) is 24.5 Å². The molecule has 1 aromatic carbocycles. The molecule has 0 radical (unpaired) electrons. The molecule has 0 bridgehead atoms. The average Bonchev–Trinajstić information content (AvgIpc) is 2.53. The first kappa shape index (κ1) is 19.9. The first-order chi connectivity index (χ1) is 11.2. The van der Waals surface area contributed by atoms with Crippen molar-refractivity contribution in [2.45, 2.75) is 26.8 Å². The van der Waals surface area contributed by atoms with E-state index in [4.69, 9.17) is 9.47 Å². The minimum Gasteiger partial charge on any atom is -0.382 e. The molecule has 0 aliphatic rings. The van der Waals surface area contributed by atoms with Crippen LogP contribution in [0.3, 0.4) is 0 Å². The fourth-order valence-corrected chi connectivity index (χ4v) is 2.44. The van der Waals surface area contributed by atoms with E-state index in [1.807, 2.05) is 0 Å². The number of hydrogen-bond donors (Lipinski definition) is 2. The van der Waals surface area contributed by atoms with Gasteiger partial charge in [-0.2, -0.15) is 0 Å². The predicted octanol–water partition coefficient (Wildman–Crippen LogP) is 2.87. The zero-order valence-electron chi connectivity index (χ0n) is 14.3. The molecule has 0 atom stereocenters. The fraction of sp³-hybridized carbons (Fsp3) is 0.588. The van der Waals surface area contributed by atoms with Gasteiger partial charge >= 0.3 is 0 Å². The molecule has 0 aliphatic heterocycles. The van der Waals surface area contributed by atoms with Crippen molar-refractivity contribution >= 4 is 21.9 Å². The number of nitrogens with one attached hydrogen (secondary N) is 2. The Balaban J connectivity index is 2.38. The van der Waals surface area contributed by atoms with Gasteiger partial charge in [0.1, 0.15) is 0 Å². The van der Waals surface area contributed by atoms with E-state index in [0.29, 0.717) is 19.8 Å². The summed E-state index contributed by atoms with van der Waals surface area (Å²) < 4.78 is 11.5. The van der Waals surface area contributed by atoms with E-state index in [0.717, 1.165) is 36.5 Å². The first-order valence-corrected chi connectivity index (χ1v) is 8.80. The van der Waals surface area contributed by atoms with E-state index in [2.05, 4.69) is 63.6 Å². The lowest BCUT2D eigenvalue weighted by molar-refractivity contribution is 0.0698. The van der Waals surface area contributed by atoms with Gasteiger partial charge in [0.25, 0.3) is 0 Å². The Morgan fingerprint density at radius 3 is 2.74 bits per heavy atom. The third kappa shape index (κ3) is 8.93. The highest BCUT2D eigenvalue weighted by molar-refractivity contribution is 9.10. The summed E-state index contributed by atoms with van der Waals surface area (Å²) in [5, 5.41) is 6.59. The minimum absolute atomic E-state index is 0.643. The number of nitrogens with zero attached hydrogens (tertiary/aromatic N) is 1. The summed E-state index contributed by atoms with van der Waals surface area (Å²) in [6.07, 6.45) is 0.936. The van der Waals surface area contributed by atoms with E-state index in [-0.39, 0.29) is 0 Å². The van der Waals surface area contributed by atoms with E-state index in [1.165, 1.54) is 11.1 Å². The number of methoxy groups -OCH3 is 1. The van der Waals surface area contributed by atoms with Crippen LogP contribution in [0.4, 0.5) is 0 Å². The van der Waals surface area contributed by atoms with Gasteiger partial charge in [-0.05, 0) is 43.5 Å². The number of halogens is 1. The average molecular weight is 386 g/mol. The highest BCUT2D eigenvalue weighted by atomic mass is 79.9. The normalized spacial score (nSPS) is 11.6. The second kappa shape index (κ2) is 12.3. The molecule has 2 N–H and O–H groups in total. The number of aliphatic imine (C=N–C) groups is 1. The lowest BCUT2D eigenvalue weighted by atomic mass is 10.1. The zero-order chi connectivity index (χ0) is 16.9. The Morgan fingerprint density at radius 2 is 2.04 bits per heavy atom. The lowest BCUT2D eigenvalue weighted by Crippen LogP contribution is -2.38. The van der Waals surface area contributed by atoms with Crippen LogP contribution in [-0.4, -0.2) is 46.0 Å². The van der Waals surface area contributed by atoms with Gasteiger partial charge in [-0.15, -0.1) is 0 Å². The van der Waals surface area contributed by atoms with Crippen LogP contribution in [0.15, 0.2) is 27.7 Å². The van der Waals surface area contributed by atoms with Crippen LogP contribution in [-0.2, 0) is 16.0 Å². The van der Waals surface area contributed by atoms with Gasteiger partial charge in [0.05, 0.1) is 19.8 Å². The Kier molecular flexibility index (Phi) is 10.7. The molecule has 0 spiro atoms. The smallest absolute Gasteiger partial charge is 0.191 e. The molecular formula is C17H28BrN3O2. The number of hydrogen-bond acceptors (Lipinski definition) is 3. The van der Waals surface area contributed by atoms with Crippen LogP contribution in [0, 0.1) is 6.92 Å². The van der Waals surface area contributed by atoms with Crippen LogP contribution in [0.5, 0.6) is 0 Å². The molecule has 0 saturated heterocycles. The van der Waals surface area contributed by atoms with Crippen molar-refractivity contribution < 1.29 is 9.47 Å². The van der Waals surface area contributed by atoms with Gasteiger partial charge in [-0.3, -0.25) is 0 Å². The summed E-state index contributed by atoms with van der Waals surface area (Å²) in [4.78, 5) is 4.64. The number of rotatable bonds is 10. The van der Waals surface area contributed by atoms with Crippen molar-refractivity contribution in [2.75, 3.05) is 40.0 Å². The summed E-state index contributed by atoms with van der Waals surface area (Å²) >= 11 is 3.49. The van der Waals surface area contributed by atoms with Gasteiger partial charge in [0, 0.05) is 31.3 Å². The molecule has 0 saturated carbocycles. The predicted molar refractivity (Wildman–Crippen MR) is 99.0 cm³/mol. The molecule has 23 heavy (non-hydrogen) atoms. The SMILES string of the molecule is CCNC(=NCc1ccc(Br)cc1C)NCCCOCCOC. The Hall–Kier alpha value is -1.11. The number of aryl methyl sites for hydroxylation is 1.